The van der Waals surface area contributed by atoms with Gasteiger partial charge in [-0.2, -0.15) is 0 Å². The van der Waals surface area contributed by atoms with Gasteiger partial charge in [-0.1, -0.05) is 0 Å². The van der Waals surface area contributed by atoms with Crippen molar-refractivity contribution in [1.82, 2.24) is 0 Å². The summed E-state index contributed by atoms with van der Waals surface area (Å²) >= 11 is 0. The first-order valence-corrected chi connectivity index (χ1v) is 4.60. The SMILES string of the molecule is O=C(CO)OC1C(O)C(O)C(O)C(O)C1O. The third-order valence-corrected chi connectivity index (χ3v) is 2.47. The number of aliphatic hydroxyl groups is 6. The van der Waals surface area contributed by atoms with Gasteiger partial charge in [-0.05, 0) is 0 Å². The smallest absolute Gasteiger partial charge is 0.332 e. The van der Waals surface area contributed by atoms with Crippen molar-refractivity contribution in [2.75, 3.05) is 6.61 Å². The van der Waals surface area contributed by atoms with Crippen molar-refractivity contribution in [2.24, 2.45) is 0 Å². The van der Waals surface area contributed by atoms with Crippen LogP contribution in [0.15, 0.2) is 0 Å². The lowest BCUT2D eigenvalue weighted by atomic mass is 9.85. The molecule has 0 bridgehead atoms. The molecule has 4 unspecified atom stereocenters. The maximum Gasteiger partial charge on any atom is 0.332 e. The van der Waals surface area contributed by atoms with Gasteiger partial charge in [0, 0.05) is 0 Å². The largest absolute Gasteiger partial charge is 0.455 e. The second-order valence-corrected chi connectivity index (χ2v) is 3.57. The van der Waals surface area contributed by atoms with E-state index in [1.807, 2.05) is 0 Å². The van der Waals surface area contributed by atoms with Gasteiger partial charge in [0.25, 0.3) is 0 Å². The fourth-order valence-electron chi connectivity index (χ4n) is 1.53. The standard InChI is InChI=1S/C8H14O8/c9-1-2(10)16-8-6(14)4(12)3(11)5(13)7(8)15/h3-9,11-15H,1H2. The lowest BCUT2D eigenvalue weighted by Gasteiger charge is -2.40. The molecule has 0 radical (unpaired) electrons. The zero-order valence-electron chi connectivity index (χ0n) is 8.17. The van der Waals surface area contributed by atoms with E-state index in [4.69, 9.17) is 5.11 Å². The third kappa shape index (κ3) is 2.32. The van der Waals surface area contributed by atoms with Crippen LogP contribution in [0.4, 0.5) is 0 Å². The highest BCUT2D eigenvalue weighted by Gasteiger charge is 2.50. The van der Waals surface area contributed by atoms with Gasteiger partial charge in [0.05, 0.1) is 0 Å². The average molecular weight is 238 g/mol. The molecular weight excluding hydrogens is 224 g/mol. The van der Waals surface area contributed by atoms with Crippen LogP contribution in [0, 0.1) is 0 Å². The van der Waals surface area contributed by atoms with Gasteiger partial charge < -0.3 is 35.4 Å². The Morgan fingerprint density at radius 1 is 0.875 bits per heavy atom. The van der Waals surface area contributed by atoms with E-state index in [0.717, 1.165) is 0 Å². The fourth-order valence-corrected chi connectivity index (χ4v) is 1.53. The first-order chi connectivity index (χ1) is 7.40. The highest BCUT2D eigenvalue weighted by atomic mass is 16.6. The van der Waals surface area contributed by atoms with Crippen LogP contribution in [0.3, 0.4) is 0 Å². The van der Waals surface area contributed by atoms with E-state index >= 15 is 0 Å². The summed E-state index contributed by atoms with van der Waals surface area (Å²) in [4.78, 5) is 10.7. The molecule has 0 aromatic carbocycles. The second-order valence-electron chi connectivity index (χ2n) is 3.57. The Morgan fingerprint density at radius 2 is 1.25 bits per heavy atom. The van der Waals surface area contributed by atoms with E-state index < -0.39 is 49.2 Å². The topological polar surface area (TPSA) is 148 Å². The maximum atomic E-state index is 10.7. The molecule has 4 atom stereocenters. The van der Waals surface area contributed by atoms with Crippen molar-refractivity contribution < 1.29 is 40.2 Å². The molecule has 0 heterocycles. The van der Waals surface area contributed by atoms with Gasteiger partial charge in [-0.3, -0.25) is 0 Å². The zero-order chi connectivity index (χ0) is 12.5. The summed E-state index contributed by atoms with van der Waals surface area (Å²) in [5.74, 6) is -1.13. The number of rotatable bonds is 2. The predicted octanol–water partition coefficient (Wildman–Crippen LogP) is -4.29. The van der Waals surface area contributed by atoms with Gasteiger partial charge in [-0.25, -0.2) is 4.79 Å². The van der Waals surface area contributed by atoms with Crippen LogP contribution in [0.25, 0.3) is 0 Å². The molecule has 1 saturated carbocycles. The minimum atomic E-state index is -1.75. The summed E-state index contributed by atoms with van der Waals surface area (Å²) in [7, 11) is 0. The molecule has 8 nitrogen and oxygen atoms in total. The lowest BCUT2D eigenvalue weighted by molar-refractivity contribution is -0.234. The van der Waals surface area contributed by atoms with Crippen molar-refractivity contribution in [3.05, 3.63) is 0 Å². The van der Waals surface area contributed by atoms with Crippen molar-refractivity contribution in [3.63, 3.8) is 0 Å². The van der Waals surface area contributed by atoms with E-state index in [-0.39, 0.29) is 0 Å². The first kappa shape index (κ1) is 13.3. The Kier molecular flexibility index (Phi) is 4.19. The zero-order valence-corrected chi connectivity index (χ0v) is 8.17. The van der Waals surface area contributed by atoms with Crippen LogP contribution >= 0.6 is 0 Å². The molecule has 1 aliphatic carbocycles. The van der Waals surface area contributed by atoms with Gasteiger partial charge in [0.15, 0.2) is 6.10 Å². The molecule has 1 rings (SSSR count). The second kappa shape index (κ2) is 5.04. The van der Waals surface area contributed by atoms with Gasteiger partial charge in [0.1, 0.15) is 37.1 Å². The summed E-state index contributed by atoms with van der Waals surface area (Å²) < 4.78 is 4.43. The summed E-state index contributed by atoms with van der Waals surface area (Å²) in [6.07, 6.45) is -10.3. The fraction of sp³-hybridized carbons (Fsp3) is 0.875. The van der Waals surface area contributed by atoms with Crippen LogP contribution < -0.4 is 0 Å². The minimum absolute atomic E-state index is 0.968. The van der Waals surface area contributed by atoms with E-state index in [9.17, 15) is 30.3 Å². The number of ether oxygens (including phenoxy) is 1. The Balaban J connectivity index is 2.78. The third-order valence-electron chi connectivity index (χ3n) is 2.47. The molecule has 94 valence electrons. The number of esters is 1. The van der Waals surface area contributed by atoms with Crippen LogP contribution in [-0.2, 0) is 9.53 Å². The van der Waals surface area contributed by atoms with Crippen LogP contribution in [0.5, 0.6) is 0 Å². The molecule has 0 saturated heterocycles. The maximum absolute atomic E-state index is 10.7. The van der Waals surface area contributed by atoms with Gasteiger partial charge in [0.2, 0.25) is 0 Å². The Hall–Kier alpha value is -0.770. The molecule has 0 amide bonds. The molecule has 1 aliphatic rings. The molecule has 6 N–H and O–H groups in total. The van der Waals surface area contributed by atoms with Crippen molar-refractivity contribution in [3.8, 4) is 0 Å². The van der Waals surface area contributed by atoms with E-state index in [1.54, 1.807) is 0 Å². The highest BCUT2D eigenvalue weighted by Crippen LogP contribution is 2.23. The molecule has 16 heavy (non-hydrogen) atoms. The van der Waals surface area contributed by atoms with Crippen LogP contribution in [0.1, 0.15) is 0 Å². The number of hydrogen-bond donors (Lipinski definition) is 6. The minimum Gasteiger partial charge on any atom is -0.455 e. The first-order valence-electron chi connectivity index (χ1n) is 4.60. The quantitative estimate of drug-likeness (QED) is 0.265. The lowest BCUT2D eigenvalue weighted by Crippen LogP contribution is -2.64. The van der Waals surface area contributed by atoms with E-state index in [0.29, 0.717) is 0 Å². The summed E-state index contributed by atoms with van der Waals surface area (Å²) in [6, 6.07) is 0. The Bertz CT molecular complexity index is 240. The number of carbonyl (C=O) groups excluding carboxylic acids is 1. The molecule has 1 fully saturated rings. The Morgan fingerprint density at radius 3 is 1.62 bits per heavy atom. The molecule has 8 heteroatoms. The van der Waals surface area contributed by atoms with Crippen LogP contribution in [-0.4, -0.2) is 79.8 Å². The van der Waals surface area contributed by atoms with Gasteiger partial charge >= 0.3 is 5.97 Å². The molecule has 0 spiro atoms. The average Bonchev–Trinajstić information content (AvgIpc) is 2.29. The van der Waals surface area contributed by atoms with Crippen molar-refractivity contribution >= 4 is 5.97 Å². The normalized spacial score (nSPS) is 44.1. The monoisotopic (exact) mass is 238 g/mol. The summed E-state index contributed by atoms with van der Waals surface area (Å²) in [6.45, 7) is -0.968. The molecule has 0 aliphatic heterocycles. The Labute approximate surface area is 90.3 Å². The number of aliphatic hydroxyl groups excluding tert-OH is 6. The van der Waals surface area contributed by atoms with Crippen molar-refractivity contribution in [2.45, 2.75) is 36.6 Å². The highest BCUT2D eigenvalue weighted by molar-refractivity contribution is 5.70. The van der Waals surface area contributed by atoms with Crippen molar-refractivity contribution in [1.29, 1.82) is 0 Å². The summed E-state index contributed by atoms with van der Waals surface area (Å²) in [5, 5.41) is 54.9. The van der Waals surface area contributed by atoms with E-state index in [1.165, 1.54) is 0 Å². The molecular formula is C8H14O8. The van der Waals surface area contributed by atoms with Crippen LogP contribution in [0.2, 0.25) is 0 Å². The summed E-state index contributed by atoms with van der Waals surface area (Å²) in [5.41, 5.74) is 0. The molecule has 0 aromatic heterocycles. The van der Waals surface area contributed by atoms with Gasteiger partial charge in [-0.15, -0.1) is 0 Å². The number of hydrogen-bond acceptors (Lipinski definition) is 8. The predicted molar refractivity (Wildman–Crippen MR) is 47.0 cm³/mol. The molecule has 0 aromatic rings. The van der Waals surface area contributed by atoms with E-state index in [2.05, 4.69) is 4.74 Å². The number of carbonyl (C=O) groups is 1.